The molecule has 3 rings (SSSR count). The Morgan fingerprint density at radius 3 is 2.53 bits per heavy atom. The first kappa shape index (κ1) is 24.1. The summed E-state index contributed by atoms with van der Waals surface area (Å²) in [6.45, 7) is 0.592. The summed E-state index contributed by atoms with van der Waals surface area (Å²) in [7, 11) is 3.65. The van der Waals surface area contributed by atoms with E-state index in [1.807, 2.05) is 19.0 Å². The van der Waals surface area contributed by atoms with E-state index in [9.17, 15) is 29.4 Å². The van der Waals surface area contributed by atoms with Gasteiger partial charge in [0, 0.05) is 12.1 Å². The van der Waals surface area contributed by atoms with E-state index in [0.29, 0.717) is 24.1 Å². The Bertz CT molecular complexity index is 1240. The summed E-state index contributed by atoms with van der Waals surface area (Å²) in [6.07, 6.45) is 3.33. The van der Waals surface area contributed by atoms with E-state index in [4.69, 9.17) is 4.74 Å². The average Bonchev–Trinajstić information content (AvgIpc) is 3.33. The number of H-pyrrole nitrogens is 1. The van der Waals surface area contributed by atoms with Crippen molar-refractivity contribution in [3.8, 4) is 17.0 Å². The third-order valence-corrected chi connectivity index (χ3v) is 4.84. The maximum absolute atomic E-state index is 13.0. The second-order valence-electron chi connectivity index (χ2n) is 7.50. The van der Waals surface area contributed by atoms with Crippen molar-refractivity contribution in [1.82, 2.24) is 14.9 Å². The van der Waals surface area contributed by atoms with E-state index < -0.39 is 29.2 Å². The molecule has 0 saturated carbocycles. The smallest absolute Gasteiger partial charge is 0.340 e. The maximum Gasteiger partial charge on any atom is 0.340 e. The zero-order valence-corrected chi connectivity index (χ0v) is 18.4. The molecule has 3 aromatic rings. The summed E-state index contributed by atoms with van der Waals surface area (Å²) >= 11 is 0. The van der Waals surface area contributed by atoms with Crippen molar-refractivity contribution in [3.05, 3.63) is 65.1 Å². The molecule has 0 unspecified atom stereocenters. The van der Waals surface area contributed by atoms with Crippen LogP contribution in [-0.2, 0) is 4.74 Å². The van der Waals surface area contributed by atoms with Crippen LogP contribution < -0.4 is 5.32 Å². The predicted molar refractivity (Wildman–Crippen MR) is 121 cm³/mol. The minimum atomic E-state index is -1.48. The summed E-state index contributed by atoms with van der Waals surface area (Å²) in [4.78, 5) is 57.2. The Kier molecular flexibility index (Phi) is 7.39. The van der Waals surface area contributed by atoms with Gasteiger partial charge in [-0.25, -0.2) is 14.6 Å². The number of nitrogens with one attached hydrogen (secondary N) is 2. The summed E-state index contributed by atoms with van der Waals surface area (Å²) in [5, 5.41) is 21.7. The van der Waals surface area contributed by atoms with Crippen LogP contribution in [-0.4, -0.2) is 76.5 Å². The molecule has 4 N–H and O–H groups in total. The molecule has 176 valence electrons. The number of hydrogen-bond acceptors (Lipinski definition) is 8. The van der Waals surface area contributed by atoms with E-state index in [1.54, 1.807) is 12.3 Å². The van der Waals surface area contributed by atoms with Gasteiger partial charge >= 0.3 is 11.9 Å². The number of hydrogen-bond donors (Lipinski definition) is 4. The molecule has 0 fully saturated rings. The van der Waals surface area contributed by atoms with Crippen molar-refractivity contribution in [2.45, 2.75) is 0 Å². The normalized spacial score (nSPS) is 10.7. The number of imidazole rings is 1. The number of aromatic nitrogens is 2. The Balaban J connectivity index is 1.99. The number of aromatic hydroxyl groups is 1. The number of phenolic OH excluding ortho intramolecular Hbond substituents is 1. The number of anilines is 1. The molecule has 0 aliphatic rings. The van der Waals surface area contributed by atoms with E-state index in [-0.39, 0.29) is 29.0 Å². The topological polar surface area (TPSA) is 162 Å². The number of esters is 1. The molecule has 0 bridgehead atoms. The lowest BCUT2D eigenvalue weighted by Gasteiger charge is -2.15. The number of amides is 1. The van der Waals surface area contributed by atoms with Crippen molar-refractivity contribution in [3.63, 3.8) is 0 Å². The SMILES string of the molecule is CN(C)CCOC(=O)c1cc(-c2cnc[nH]2)ccc1NC(=O)c1cc(C=O)c(O)cc1C(=O)O. The van der Waals surface area contributed by atoms with Crippen LogP contribution in [0.25, 0.3) is 11.3 Å². The summed E-state index contributed by atoms with van der Waals surface area (Å²) < 4.78 is 5.32. The lowest BCUT2D eigenvalue weighted by atomic mass is 10.0. The Labute approximate surface area is 194 Å². The molecule has 0 atom stereocenters. The zero-order chi connectivity index (χ0) is 24.8. The van der Waals surface area contributed by atoms with E-state index in [2.05, 4.69) is 15.3 Å². The van der Waals surface area contributed by atoms with Gasteiger partial charge in [-0.15, -0.1) is 0 Å². The fraction of sp³-hybridized carbons (Fsp3) is 0.174. The number of aromatic amines is 1. The number of nitrogens with zero attached hydrogens (tertiary/aromatic N) is 2. The van der Waals surface area contributed by atoms with Crippen LogP contribution in [0.3, 0.4) is 0 Å². The molecule has 1 heterocycles. The molecule has 1 amide bonds. The van der Waals surface area contributed by atoms with Crippen molar-refractivity contribution in [1.29, 1.82) is 0 Å². The van der Waals surface area contributed by atoms with Crippen LogP contribution in [0, 0.1) is 0 Å². The lowest BCUT2D eigenvalue weighted by molar-refractivity contribution is 0.0482. The monoisotopic (exact) mass is 466 g/mol. The first-order chi connectivity index (χ1) is 16.2. The van der Waals surface area contributed by atoms with Gasteiger partial charge in [-0.3, -0.25) is 9.59 Å². The van der Waals surface area contributed by atoms with Crippen LogP contribution >= 0.6 is 0 Å². The quantitative estimate of drug-likeness (QED) is 0.274. The van der Waals surface area contributed by atoms with Crippen molar-refractivity contribution >= 4 is 29.8 Å². The maximum atomic E-state index is 13.0. The Hall–Kier alpha value is -4.51. The average molecular weight is 466 g/mol. The molecule has 11 nitrogen and oxygen atoms in total. The van der Waals surface area contributed by atoms with Crippen LogP contribution in [0.5, 0.6) is 5.75 Å². The van der Waals surface area contributed by atoms with E-state index in [0.717, 1.165) is 12.1 Å². The van der Waals surface area contributed by atoms with Gasteiger partial charge in [0.05, 0.1) is 46.2 Å². The second kappa shape index (κ2) is 10.4. The van der Waals surface area contributed by atoms with Gasteiger partial charge in [0.1, 0.15) is 12.4 Å². The number of likely N-dealkylation sites (N-methyl/N-ethyl adjacent to an activating group) is 1. The van der Waals surface area contributed by atoms with Crippen LogP contribution in [0.4, 0.5) is 5.69 Å². The number of carbonyl (C=O) groups is 4. The number of rotatable bonds is 9. The lowest BCUT2D eigenvalue weighted by Crippen LogP contribution is -2.22. The molecular formula is C23H22N4O7. The summed E-state index contributed by atoms with van der Waals surface area (Å²) in [5.74, 6) is -3.64. The first-order valence-electron chi connectivity index (χ1n) is 10.0. The molecule has 0 radical (unpaired) electrons. The fourth-order valence-electron chi connectivity index (χ4n) is 3.06. The minimum Gasteiger partial charge on any atom is -0.507 e. The highest BCUT2D eigenvalue weighted by atomic mass is 16.5. The molecule has 0 spiro atoms. The van der Waals surface area contributed by atoms with Crippen molar-refractivity contribution < 1.29 is 34.1 Å². The third kappa shape index (κ3) is 5.45. The molecule has 0 saturated heterocycles. The van der Waals surface area contributed by atoms with Crippen molar-refractivity contribution in [2.24, 2.45) is 0 Å². The molecular weight excluding hydrogens is 444 g/mol. The van der Waals surface area contributed by atoms with Gasteiger partial charge in [-0.1, -0.05) is 6.07 Å². The summed E-state index contributed by atoms with van der Waals surface area (Å²) in [5.41, 5.74) is 0.206. The Morgan fingerprint density at radius 2 is 1.91 bits per heavy atom. The molecule has 0 aliphatic carbocycles. The molecule has 11 heteroatoms. The van der Waals surface area contributed by atoms with Crippen LogP contribution in [0.1, 0.15) is 41.4 Å². The number of phenols is 1. The molecule has 1 aromatic heterocycles. The summed E-state index contributed by atoms with van der Waals surface area (Å²) in [6, 6.07) is 6.39. The van der Waals surface area contributed by atoms with Gasteiger partial charge in [-0.2, -0.15) is 0 Å². The number of carboxylic acid groups (broad SMARTS) is 1. The number of benzene rings is 2. The highest BCUT2D eigenvalue weighted by Crippen LogP contribution is 2.27. The molecule has 0 aliphatic heterocycles. The van der Waals surface area contributed by atoms with Gasteiger partial charge in [0.15, 0.2) is 6.29 Å². The fourth-order valence-corrected chi connectivity index (χ4v) is 3.06. The number of ether oxygens (including phenoxy) is 1. The molecule has 34 heavy (non-hydrogen) atoms. The molecule has 2 aromatic carbocycles. The number of aldehydes is 1. The second-order valence-corrected chi connectivity index (χ2v) is 7.50. The minimum absolute atomic E-state index is 0.0328. The predicted octanol–water partition coefficient (Wildman–Crippen LogP) is 2.26. The van der Waals surface area contributed by atoms with Crippen LogP contribution in [0.2, 0.25) is 0 Å². The zero-order valence-electron chi connectivity index (χ0n) is 18.4. The third-order valence-electron chi connectivity index (χ3n) is 4.84. The highest BCUT2D eigenvalue weighted by Gasteiger charge is 2.23. The van der Waals surface area contributed by atoms with Crippen molar-refractivity contribution in [2.75, 3.05) is 32.6 Å². The first-order valence-corrected chi connectivity index (χ1v) is 10.0. The van der Waals surface area contributed by atoms with Gasteiger partial charge < -0.3 is 30.2 Å². The van der Waals surface area contributed by atoms with Gasteiger partial charge in [0.25, 0.3) is 5.91 Å². The number of carbonyl (C=O) groups excluding carboxylic acids is 3. The number of aromatic carboxylic acids is 1. The standard InChI is InChI=1S/C23H22N4O7/c1-27(2)5-6-34-23(33)17-7-13(19-10-24-12-25-19)3-4-18(17)26-21(30)15-8-14(11-28)20(29)9-16(15)22(31)32/h3-4,7-12,29H,5-6H2,1-2H3,(H,24,25)(H,26,30)(H,31,32). The largest absolute Gasteiger partial charge is 0.507 e. The number of carboxylic acids is 1. The highest BCUT2D eigenvalue weighted by molar-refractivity contribution is 6.13. The van der Waals surface area contributed by atoms with Crippen LogP contribution in [0.15, 0.2) is 42.9 Å². The van der Waals surface area contributed by atoms with E-state index >= 15 is 0 Å². The Morgan fingerprint density at radius 1 is 1.15 bits per heavy atom. The van der Waals surface area contributed by atoms with Gasteiger partial charge in [0.2, 0.25) is 0 Å². The van der Waals surface area contributed by atoms with E-state index in [1.165, 1.54) is 18.5 Å². The van der Waals surface area contributed by atoms with Gasteiger partial charge in [-0.05, 0) is 38.4 Å².